The third-order valence-corrected chi connectivity index (χ3v) is 5.49. The summed E-state index contributed by atoms with van der Waals surface area (Å²) in [4.78, 5) is 13.4. The SMILES string of the molecule is CCCC(OC1CCN(C(=O)OC)CC1)c1ccc(-c2ccc(Cl)cc2)cc1. The molecule has 1 aliphatic rings. The van der Waals surface area contributed by atoms with Crippen molar-refractivity contribution < 1.29 is 14.3 Å². The van der Waals surface area contributed by atoms with Gasteiger partial charge >= 0.3 is 6.09 Å². The summed E-state index contributed by atoms with van der Waals surface area (Å²) in [5.74, 6) is 0. The number of halogens is 1. The van der Waals surface area contributed by atoms with E-state index < -0.39 is 0 Å². The highest BCUT2D eigenvalue weighted by Crippen LogP contribution is 2.30. The van der Waals surface area contributed by atoms with Crippen molar-refractivity contribution in [1.82, 2.24) is 4.90 Å². The number of carbonyl (C=O) groups is 1. The monoisotopic (exact) mass is 401 g/mol. The Morgan fingerprint density at radius 3 is 2.18 bits per heavy atom. The van der Waals surface area contributed by atoms with Crippen LogP contribution in [0.1, 0.15) is 44.3 Å². The number of piperidine rings is 1. The van der Waals surface area contributed by atoms with Crippen molar-refractivity contribution >= 4 is 17.7 Å². The standard InChI is InChI=1S/C23H28ClNO3/c1-3-4-22(28-21-13-15-25(16-14-21)23(26)27-2)19-7-5-17(6-8-19)18-9-11-20(24)12-10-18/h5-12,21-22H,3-4,13-16H2,1-2H3. The summed E-state index contributed by atoms with van der Waals surface area (Å²) in [6.45, 7) is 3.55. The summed E-state index contributed by atoms with van der Waals surface area (Å²) in [5, 5.41) is 0.745. The molecule has 1 aliphatic heterocycles. The van der Waals surface area contributed by atoms with Crippen LogP contribution < -0.4 is 0 Å². The van der Waals surface area contributed by atoms with Gasteiger partial charge in [-0.15, -0.1) is 0 Å². The molecule has 4 nitrogen and oxygen atoms in total. The van der Waals surface area contributed by atoms with Crippen molar-refractivity contribution in [2.75, 3.05) is 20.2 Å². The maximum atomic E-state index is 11.6. The van der Waals surface area contributed by atoms with Gasteiger partial charge in [-0.05, 0) is 48.1 Å². The fourth-order valence-electron chi connectivity index (χ4n) is 3.64. The van der Waals surface area contributed by atoms with E-state index in [4.69, 9.17) is 21.1 Å². The molecule has 3 rings (SSSR count). The Labute approximate surface area is 172 Å². The Kier molecular flexibility index (Phi) is 7.35. The minimum absolute atomic E-state index is 0.0824. The number of benzene rings is 2. The van der Waals surface area contributed by atoms with Crippen molar-refractivity contribution in [1.29, 1.82) is 0 Å². The average Bonchev–Trinajstić information content (AvgIpc) is 2.74. The molecule has 1 unspecified atom stereocenters. The lowest BCUT2D eigenvalue weighted by Gasteiger charge is -2.33. The lowest BCUT2D eigenvalue weighted by Crippen LogP contribution is -2.41. The van der Waals surface area contributed by atoms with Crippen LogP contribution in [0.2, 0.25) is 5.02 Å². The quantitative estimate of drug-likeness (QED) is 0.587. The highest BCUT2D eigenvalue weighted by atomic mass is 35.5. The maximum Gasteiger partial charge on any atom is 0.409 e. The van der Waals surface area contributed by atoms with Gasteiger partial charge in [0.05, 0.1) is 19.3 Å². The fourth-order valence-corrected chi connectivity index (χ4v) is 3.77. The molecular weight excluding hydrogens is 374 g/mol. The lowest BCUT2D eigenvalue weighted by atomic mass is 9.99. The van der Waals surface area contributed by atoms with E-state index in [1.807, 2.05) is 24.3 Å². The van der Waals surface area contributed by atoms with Gasteiger partial charge in [0.2, 0.25) is 0 Å². The second-order valence-corrected chi connectivity index (χ2v) is 7.64. The maximum absolute atomic E-state index is 11.6. The first-order chi connectivity index (χ1) is 13.6. The molecule has 0 N–H and O–H groups in total. The first-order valence-electron chi connectivity index (χ1n) is 9.95. The Bertz CT molecular complexity index is 752. The molecule has 2 aromatic carbocycles. The zero-order valence-electron chi connectivity index (χ0n) is 16.6. The number of ether oxygens (including phenoxy) is 2. The van der Waals surface area contributed by atoms with Gasteiger partial charge in [-0.25, -0.2) is 4.79 Å². The molecule has 0 radical (unpaired) electrons. The summed E-state index contributed by atoms with van der Waals surface area (Å²) in [7, 11) is 1.43. The van der Waals surface area contributed by atoms with Crippen LogP contribution in [-0.2, 0) is 9.47 Å². The van der Waals surface area contributed by atoms with Gasteiger partial charge in [-0.3, -0.25) is 0 Å². The number of carbonyl (C=O) groups excluding carboxylic acids is 1. The van der Waals surface area contributed by atoms with Crippen molar-refractivity contribution in [2.45, 2.75) is 44.8 Å². The largest absolute Gasteiger partial charge is 0.453 e. The Hall–Kier alpha value is -2.04. The molecule has 2 aromatic rings. The Morgan fingerprint density at radius 2 is 1.64 bits per heavy atom. The third kappa shape index (κ3) is 5.27. The van der Waals surface area contributed by atoms with Crippen LogP contribution in [0.3, 0.4) is 0 Å². The smallest absolute Gasteiger partial charge is 0.409 e. The number of methoxy groups -OCH3 is 1. The van der Waals surface area contributed by atoms with Crippen molar-refractivity contribution in [3.8, 4) is 11.1 Å². The van der Waals surface area contributed by atoms with Crippen LogP contribution in [0, 0.1) is 0 Å². The third-order valence-electron chi connectivity index (χ3n) is 5.24. The van der Waals surface area contributed by atoms with E-state index in [0.29, 0.717) is 13.1 Å². The molecule has 0 aliphatic carbocycles. The van der Waals surface area contributed by atoms with Crippen molar-refractivity contribution in [3.63, 3.8) is 0 Å². The van der Waals surface area contributed by atoms with Gasteiger partial charge in [0.15, 0.2) is 0 Å². The van der Waals surface area contributed by atoms with E-state index >= 15 is 0 Å². The fraction of sp³-hybridized carbons (Fsp3) is 0.435. The zero-order chi connectivity index (χ0) is 19.9. The normalized spacial score (nSPS) is 16.0. The zero-order valence-corrected chi connectivity index (χ0v) is 17.3. The highest BCUT2D eigenvalue weighted by molar-refractivity contribution is 6.30. The van der Waals surface area contributed by atoms with Crippen molar-refractivity contribution in [3.05, 3.63) is 59.1 Å². The molecule has 1 amide bonds. The Balaban J connectivity index is 1.64. The number of hydrogen-bond acceptors (Lipinski definition) is 3. The van der Waals surface area contributed by atoms with E-state index in [0.717, 1.165) is 36.3 Å². The Morgan fingerprint density at radius 1 is 1.07 bits per heavy atom. The molecule has 150 valence electrons. The minimum Gasteiger partial charge on any atom is -0.453 e. The molecule has 28 heavy (non-hydrogen) atoms. The lowest BCUT2D eigenvalue weighted by molar-refractivity contribution is -0.0456. The van der Waals surface area contributed by atoms with Gasteiger partial charge in [0, 0.05) is 18.1 Å². The van der Waals surface area contributed by atoms with Crippen LogP contribution in [0.5, 0.6) is 0 Å². The second kappa shape index (κ2) is 9.94. The van der Waals surface area contributed by atoms with E-state index in [-0.39, 0.29) is 18.3 Å². The molecule has 1 heterocycles. The second-order valence-electron chi connectivity index (χ2n) is 7.20. The average molecular weight is 402 g/mol. The minimum atomic E-state index is -0.249. The molecular formula is C23H28ClNO3. The van der Waals surface area contributed by atoms with Gasteiger partial charge in [-0.1, -0.05) is 61.3 Å². The number of rotatable bonds is 6. The van der Waals surface area contributed by atoms with E-state index in [9.17, 15) is 4.79 Å². The van der Waals surface area contributed by atoms with E-state index in [1.54, 1.807) is 4.90 Å². The van der Waals surface area contributed by atoms with Crippen LogP contribution in [0.25, 0.3) is 11.1 Å². The molecule has 0 saturated carbocycles. The molecule has 1 atom stereocenters. The van der Waals surface area contributed by atoms with Crippen LogP contribution >= 0.6 is 11.6 Å². The van der Waals surface area contributed by atoms with E-state index in [1.165, 1.54) is 18.2 Å². The molecule has 5 heteroatoms. The first kappa shape index (κ1) is 20.7. The van der Waals surface area contributed by atoms with E-state index in [2.05, 4.69) is 31.2 Å². The number of hydrogen-bond donors (Lipinski definition) is 0. The highest BCUT2D eigenvalue weighted by Gasteiger charge is 2.26. The first-order valence-corrected chi connectivity index (χ1v) is 10.3. The van der Waals surface area contributed by atoms with Crippen LogP contribution in [0.15, 0.2) is 48.5 Å². The summed E-state index contributed by atoms with van der Waals surface area (Å²) in [5.41, 5.74) is 3.52. The molecule has 0 spiro atoms. The molecule has 1 fully saturated rings. The van der Waals surface area contributed by atoms with Gasteiger partial charge in [0.1, 0.15) is 0 Å². The summed E-state index contributed by atoms with van der Waals surface area (Å²) >= 11 is 5.98. The van der Waals surface area contributed by atoms with Crippen LogP contribution in [0.4, 0.5) is 4.79 Å². The van der Waals surface area contributed by atoms with Crippen molar-refractivity contribution in [2.24, 2.45) is 0 Å². The predicted octanol–water partition coefficient (Wildman–Crippen LogP) is 6.10. The summed E-state index contributed by atoms with van der Waals surface area (Å²) in [6, 6.07) is 16.5. The molecule has 0 aromatic heterocycles. The molecule has 0 bridgehead atoms. The summed E-state index contributed by atoms with van der Waals surface area (Å²) in [6.07, 6.45) is 3.74. The number of likely N-dealkylation sites (tertiary alicyclic amines) is 1. The van der Waals surface area contributed by atoms with Crippen LogP contribution in [-0.4, -0.2) is 37.3 Å². The predicted molar refractivity (Wildman–Crippen MR) is 113 cm³/mol. The topological polar surface area (TPSA) is 38.8 Å². The number of amides is 1. The summed E-state index contributed by atoms with van der Waals surface area (Å²) < 4.78 is 11.3. The molecule has 1 saturated heterocycles. The van der Waals surface area contributed by atoms with Gasteiger partial charge in [-0.2, -0.15) is 0 Å². The van der Waals surface area contributed by atoms with Gasteiger partial charge in [0.25, 0.3) is 0 Å². The van der Waals surface area contributed by atoms with Gasteiger partial charge < -0.3 is 14.4 Å². The number of nitrogens with zero attached hydrogens (tertiary/aromatic N) is 1.